The highest BCUT2D eigenvalue weighted by Gasteiger charge is 2.44. The number of hydrogen-bond acceptors (Lipinski definition) is 4. The Bertz CT molecular complexity index is 963. The van der Waals surface area contributed by atoms with Gasteiger partial charge in [-0.1, -0.05) is 43.7 Å². The van der Waals surface area contributed by atoms with Gasteiger partial charge in [-0.05, 0) is 31.0 Å². The maximum absolute atomic E-state index is 13.3. The molecule has 0 radical (unpaired) electrons. The number of ether oxygens (including phenoxy) is 1. The minimum Gasteiger partial charge on any atom is -0.493 e. The van der Waals surface area contributed by atoms with Crippen LogP contribution in [0.2, 0.25) is 0 Å². The summed E-state index contributed by atoms with van der Waals surface area (Å²) in [5.74, 6) is -0.623. The van der Waals surface area contributed by atoms with Crippen LogP contribution in [0.3, 0.4) is 0 Å². The average molecular weight is 392 g/mol. The number of imide groups is 1. The number of nitrogens with zero attached hydrogens (tertiary/aromatic N) is 1. The average Bonchev–Trinajstić information content (AvgIpc) is 2.94. The number of fused-ring (bicyclic) bond motifs is 2. The van der Waals surface area contributed by atoms with Gasteiger partial charge in [0.05, 0.1) is 23.8 Å². The van der Waals surface area contributed by atoms with Crippen molar-refractivity contribution in [1.82, 2.24) is 10.2 Å². The number of hydrogen-bond donors (Lipinski definition) is 1. The molecule has 2 aliphatic heterocycles. The van der Waals surface area contributed by atoms with E-state index < -0.39 is 17.9 Å². The van der Waals surface area contributed by atoms with E-state index in [0.717, 1.165) is 21.8 Å². The van der Waals surface area contributed by atoms with Crippen LogP contribution in [-0.4, -0.2) is 35.3 Å². The molecule has 0 spiro atoms. The van der Waals surface area contributed by atoms with E-state index in [9.17, 15) is 14.4 Å². The second kappa shape index (κ2) is 7.35. The standard InChI is InChI=1S/C23H24N2O4/c1-13(2)20(25-22(27)15-6-4-5-7-16(15)23(25)28)21(26)24-18-10-11-29-19-9-8-14(3)12-17(18)19/h4-9,12-13,18,20H,10-11H2,1-3H3,(H,24,26). The highest BCUT2D eigenvalue weighted by molar-refractivity contribution is 6.22. The van der Waals surface area contributed by atoms with Crippen molar-refractivity contribution < 1.29 is 19.1 Å². The van der Waals surface area contributed by atoms with Gasteiger partial charge in [-0.25, -0.2) is 0 Å². The van der Waals surface area contributed by atoms with Crippen molar-refractivity contribution in [3.63, 3.8) is 0 Å². The third kappa shape index (κ3) is 3.28. The summed E-state index contributed by atoms with van der Waals surface area (Å²) in [7, 11) is 0. The number of carbonyl (C=O) groups excluding carboxylic acids is 3. The van der Waals surface area contributed by atoms with E-state index in [-0.39, 0.29) is 17.9 Å². The van der Waals surface area contributed by atoms with Gasteiger partial charge in [-0.3, -0.25) is 19.3 Å². The number of nitrogens with one attached hydrogen (secondary N) is 1. The molecule has 2 unspecified atom stereocenters. The van der Waals surface area contributed by atoms with E-state index >= 15 is 0 Å². The maximum atomic E-state index is 13.3. The Morgan fingerprint density at radius 1 is 1.10 bits per heavy atom. The van der Waals surface area contributed by atoms with Crippen molar-refractivity contribution in [2.45, 2.75) is 39.3 Å². The van der Waals surface area contributed by atoms with Gasteiger partial charge in [-0.15, -0.1) is 0 Å². The van der Waals surface area contributed by atoms with Crippen molar-refractivity contribution >= 4 is 17.7 Å². The first-order valence-corrected chi connectivity index (χ1v) is 9.89. The predicted octanol–water partition coefficient (Wildman–Crippen LogP) is 3.26. The summed E-state index contributed by atoms with van der Waals surface area (Å²) in [5, 5.41) is 3.06. The molecule has 6 heteroatoms. The van der Waals surface area contributed by atoms with E-state index in [2.05, 4.69) is 5.32 Å². The zero-order valence-corrected chi connectivity index (χ0v) is 16.8. The van der Waals surface area contributed by atoms with E-state index in [1.165, 1.54) is 0 Å². The van der Waals surface area contributed by atoms with Crippen molar-refractivity contribution in [1.29, 1.82) is 0 Å². The lowest BCUT2D eigenvalue weighted by Crippen LogP contribution is -2.53. The molecule has 0 saturated carbocycles. The number of amides is 3. The molecule has 3 amide bonds. The first-order valence-electron chi connectivity index (χ1n) is 9.89. The molecule has 0 aliphatic carbocycles. The lowest BCUT2D eigenvalue weighted by Gasteiger charge is -2.32. The van der Waals surface area contributed by atoms with Gasteiger partial charge < -0.3 is 10.1 Å². The molecule has 2 heterocycles. The minimum absolute atomic E-state index is 0.220. The normalized spacial score (nSPS) is 18.9. The predicted molar refractivity (Wildman–Crippen MR) is 108 cm³/mol. The number of rotatable bonds is 4. The van der Waals surface area contributed by atoms with Crippen LogP contribution in [0, 0.1) is 12.8 Å². The highest BCUT2D eigenvalue weighted by Crippen LogP contribution is 2.33. The van der Waals surface area contributed by atoms with Gasteiger partial charge in [0.2, 0.25) is 5.91 Å². The summed E-state index contributed by atoms with van der Waals surface area (Å²) in [5.41, 5.74) is 2.70. The SMILES string of the molecule is Cc1ccc2c(c1)C(NC(=O)C(C(C)C)N1C(=O)c3ccccc3C1=O)CCO2. The van der Waals surface area contributed by atoms with E-state index in [4.69, 9.17) is 4.74 Å². The Morgan fingerprint density at radius 3 is 2.38 bits per heavy atom. The number of benzene rings is 2. The topological polar surface area (TPSA) is 75.7 Å². The summed E-state index contributed by atoms with van der Waals surface area (Å²) in [6.07, 6.45) is 0.634. The minimum atomic E-state index is -0.876. The molecule has 0 aromatic heterocycles. The van der Waals surface area contributed by atoms with Crippen LogP contribution in [0.4, 0.5) is 0 Å². The Morgan fingerprint density at radius 2 is 1.76 bits per heavy atom. The summed E-state index contributed by atoms with van der Waals surface area (Å²) in [4.78, 5) is 40.2. The monoisotopic (exact) mass is 392 g/mol. The molecule has 2 aromatic rings. The van der Waals surface area contributed by atoms with Gasteiger partial charge in [0.25, 0.3) is 11.8 Å². The van der Waals surface area contributed by atoms with Gasteiger partial charge in [0.15, 0.2) is 0 Å². The van der Waals surface area contributed by atoms with Crippen LogP contribution >= 0.6 is 0 Å². The Labute approximate surface area is 169 Å². The fraction of sp³-hybridized carbons (Fsp3) is 0.348. The molecular formula is C23H24N2O4. The molecule has 0 fully saturated rings. The molecule has 2 aromatic carbocycles. The maximum Gasteiger partial charge on any atom is 0.262 e. The molecule has 29 heavy (non-hydrogen) atoms. The number of carbonyl (C=O) groups is 3. The molecule has 2 atom stereocenters. The van der Waals surface area contributed by atoms with Gasteiger partial charge in [-0.2, -0.15) is 0 Å². The molecule has 4 rings (SSSR count). The van der Waals surface area contributed by atoms with Crippen LogP contribution in [-0.2, 0) is 4.79 Å². The second-order valence-corrected chi connectivity index (χ2v) is 7.95. The first kappa shape index (κ1) is 19.2. The van der Waals surface area contributed by atoms with Crippen LogP contribution in [0.1, 0.15) is 58.2 Å². The zero-order valence-electron chi connectivity index (χ0n) is 16.8. The largest absolute Gasteiger partial charge is 0.493 e. The molecule has 2 aliphatic rings. The molecule has 0 saturated heterocycles. The molecule has 0 bridgehead atoms. The fourth-order valence-electron chi connectivity index (χ4n) is 4.10. The van der Waals surface area contributed by atoms with Crippen molar-refractivity contribution in [2.75, 3.05) is 6.61 Å². The summed E-state index contributed by atoms with van der Waals surface area (Å²) in [6, 6.07) is 11.5. The quantitative estimate of drug-likeness (QED) is 0.811. The smallest absolute Gasteiger partial charge is 0.262 e. The Kier molecular flexibility index (Phi) is 4.86. The molecule has 1 N–H and O–H groups in total. The third-order valence-corrected chi connectivity index (χ3v) is 5.53. The lowest BCUT2D eigenvalue weighted by atomic mass is 9.96. The summed E-state index contributed by atoms with van der Waals surface area (Å²) < 4.78 is 5.70. The van der Waals surface area contributed by atoms with Crippen molar-refractivity contribution in [3.8, 4) is 5.75 Å². The van der Waals surface area contributed by atoms with Gasteiger partial charge >= 0.3 is 0 Å². The fourth-order valence-corrected chi connectivity index (χ4v) is 4.10. The lowest BCUT2D eigenvalue weighted by molar-refractivity contribution is -0.127. The van der Waals surface area contributed by atoms with Crippen LogP contribution < -0.4 is 10.1 Å². The zero-order chi connectivity index (χ0) is 20.7. The van der Waals surface area contributed by atoms with Crippen molar-refractivity contribution in [2.24, 2.45) is 5.92 Å². The second-order valence-electron chi connectivity index (χ2n) is 7.95. The van der Waals surface area contributed by atoms with Crippen molar-refractivity contribution in [3.05, 3.63) is 64.7 Å². The van der Waals surface area contributed by atoms with E-state index in [0.29, 0.717) is 24.2 Å². The first-order chi connectivity index (χ1) is 13.9. The van der Waals surface area contributed by atoms with E-state index in [1.807, 2.05) is 39.0 Å². The van der Waals surface area contributed by atoms with E-state index in [1.54, 1.807) is 24.3 Å². The van der Waals surface area contributed by atoms with Gasteiger partial charge in [0, 0.05) is 12.0 Å². The summed E-state index contributed by atoms with van der Waals surface area (Å²) in [6.45, 7) is 6.18. The molecule has 150 valence electrons. The Hall–Kier alpha value is -3.15. The molecule has 6 nitrogen and oxygen atoms in total. The third-order valence-electron chi connectivity index (χ3n) is 5.53. The number of aryl methyl sites for hydroxylation is 1. The molecular weight excluding hydrogens is 368 g/mol. The Balaban J connectivity index is 1.62. The van der Waals surface area contributed by atoms with Crippen LogP contribution in [0.15, 0.2) is 42.5 Å². The van der Waals surface area contributed by atoms with Crippen LogP contribution in [0.25, 0.3) is 0 Å². The highest BCUT2D eigenvalue weighted by atomic mass is 16.5. The van der Waals surface area contributed by atoms with Crippen LogP contribution in [0.5, 0.6) is 5.75 Å². The van der Waals surface area contributed by atoms with Gasteiger partial charge in [0.1, 0.15) is 11.8 Å². The summed E-state index contributed by atoms with van der Waals surface area (Å²) >= 11 is 0.